The predicted octanol–water partition coefficient (Wildman–Crippen LogP) is 12.6. The molecular formula is C47H37N3. The molecule has 3 nitrogen and oxygen atoms in total. The molecule has 50 heavy (non-hydrogen) atoms. The van der Waals surface area contributed by atoms with Crippen molar-refractivity contribution in [1.29, 1.82) is 0 Å². The van der Waals surface area contributed by atoms with E-state index >= 15 is 0 Å². The number of hydrogen-bond donors (Lipinski definition) is 0. The van der Waals surface area contributed by atoms with Crippen LogP contribution in [0.2, 0.25) is 0 Å². The highest BCUT2D eigenvalue weighted by Gasteiger charge is 2.22. The van der Waals surface area contributed by atoms with E-state index in [1.54, 1.807) is 0 Å². The zero-order valence-electron chi connectivity index (χ0n) is 28.3. The van der Waals surface area contributed by atoms with E-state index in [1.165, 1.54) is 49.4 Å². The molecule has 0 amide bonds. The monoisotopic (exact) mass is 643 g/mol. The van der Waals surface area contributed by atoms with Gasteiger partial charge in [-0.1, -0.05) is 134 Å². The van der Waals surface area contributed by atoms with Gasteiger partial charge < -0.3 is 9.13 Å². The normalized spacial score (nSPS) is 12.4. The van der Waals surface area contributed by atoms with Gasteiger partial charge in [0.05, 0.1) is 33.6 Å². The Morgan fingerprint density at radius 2 is 1.40 bits per heavy atom. The third-order valence-corrected chi connectivity index (χ3v) is 9.42. The topological polar surface area (TPSA) is 22.8 Å². The van der Waals surface area contributed by atoms with Crippen molar-refractivity contribution in [2.24, 2.45) is 0 Å². The summed E-state index contributed by atoms with van der Waals surface area (Å²) in [7, 11) is 0. The molecule has 3 heterocycles. The van der Waals surface area contributed by atoms with Crippen molar-refractivity contribution in [3.05, 3.63) is 187 Å². The number of benzene rings is 5. The van der Waals surface area contributed by atoms with Crippen LogP contribution in [0.3, 0.4) is 0 Å². The largest absolute Gasteiger partial charge is 0.312 e. The van der Waals surface area contributed by atoms with Gasteiger partial charge in [0.15, 0.2) is 0 Å². The first-order chi connectivity index (χ1) is 24.7. The first-order valence-electron chi connectivity index (χ1n) is 17.1. The Labute approximate surface area is 292 Å². The Bertz CT molecular complexity index is 2680. The molecule has 0 saturated carbocycles. The Morgan fingerprint density at radius 1 is 0.620 bits per heavy atom. The van der Waals surface area contributed by atoms with E-state index in [0.29, 0.717) is 0 Å². The zero-order valence-corrected chi connectivity index (χ0v) is 28.3. The van der Waals surface area contributed by atoms with Gasteiger partial charge in [-0.25, -0.2) is 4.98 Å². The number of rotatable bonds is 8. The summed E-state index contributed by atoms with van der Waals surface area (Å²) in [5.74, 6) is 0. The second-order valence-electron chi connectivity index (χ2n) is 12.4. The molecule has 0 aliphatic heterocycles. The minimum atomic E-state index is 0.920. The van der Waals surface area contributed by atoms with Crippen LogP contribution in [-0.2, 0) is 0 Å². The van der Waals surface area contributed by atoms with Crippen LogP contribution in [0.4, 0.5) is 0 Å². The van der Waals surface area contributed by atoms with E-state index in [4.69, 9.17) is 4.98 Å². The fourth-order valence-corrected chi connectivity index (χ4v) is 7.24. The van der Waals surface area contributed by atoms with Crippen LogP contribution in [-0.4, -0.2) is 14.1 Å². The average Bonchev–Trinajstić information content (AvgIpc) is 3.64. The fraction of sp³-hybridized carbons (Fsp3) is 0.0426. The summed E-state index contributed by atoms with van der Waals surface area (Å²) < 4.78 is 4.87. The molecule has 5 aromatic carbocycles. The van der Waals surface area contributed by atoms with E-state index in [-0.39, 0.29) is 0 Å². The number of hydrogen-bond acceptors (Lipinski definition) is 1. The molecule has 3 aromatic heterocycles. The van der Waals surface area contributed by atoms with Gasteiger partial charge in [-0.3, -0.25) is 0 Å². The molecule has 0 atom stereocenters. The van der Waals surface area contributed by atoms with Crippen molar-refractivity contribution in [3.63, 3.8) is 0 Å². The lowest BCUT2D eigenvalue weighted by molar-refractivity contribution is 1.06. The van der Waals surface area contributed by atoms with Crippen LogP contribution < -0.4 is 0 Å². The van der Waals surface area contributed by atoms with E-state index in [2.05, 4.69) is 144 Å². The Kier molecular flexibility index (Phi) is 8.16. The van der Waals surface area contributed by atoms with E-state index in [0.717, 1.165) is 33.7 Å². The standard InChI is InChI=1S/C47H37N3/c1-4-6-8-9-10-21-36-22-17-27-42(48-36)35-20-15-23-37(32-35)50-44-28-14-13-26-41(44)46-45(50)31-30-40-38(24-7-5-2)33(3)49(47(40)46)43-29-16-19-34-18-11-12-25-39(34)43/h4-32H,2H2,1,3H3/b6-4-,9-8-,21-10+,24-7-. The average molecular weight is 644 g/mol. The van der Waals surface area contributed by atoms with Crippen LogP contribution in [0.1, 0.15) is 23.9 Å². The lowest BCUT2D eigenvalue weighted by Gasteiger charge is -2.13. The number of pyridine rings is 1. The maximum Gasteiger partial charge on any atom is 0.0710 e. The van der Waals surface area contributed by atoms with E-state index in [9.17, 15) is 0 Å². The van der Waals surface area contributed by atoms with Crippen LogP contribution in [0.25, 0.3) is 78.3 Å². The Balaban J connectivity index is 1.38. The lowest BCUT2D eigenvalue weighted by Crippen LogP contribution is -1.99. The highest BCUT2D eigenvalue weighted by molar-refractivity contribution is 6.22. The molecule has 0 N–H and O–H groups in total. The van der Waals surface area contributed by atoms with Gasteiger partial charge in [0.25, 0.3) is 0 Å². The summed E-state index contributed by atoms with van der Waals surface area (Å²) in [6.07, 6.45) is 18.2. The third-order valence-electron chi connectivity index (χ3n) is 9.42. The Hall–Kier alpha value is -6.45. The minimum absolute atomic E-state index is 0.920. The molecule has 0 aliphatic carbocycles. The van der Waals surface area contributed by atoms with Crippen molar-refractivity contribution >= 4 is 55.6 Å². The molecule has 0 spiro atoms. The van der Waals surface area contributed by atoms with Crippen LogP contribution in [0.15, 0.2) is 170 Å². The van der Waals surface area contributed by atoms with Gasteiger partial charge >= 0.3 is 0 Å². The number of para-hydroxylation sites is 1. The molecule has 0 saturated heterocycles. The van der Waals surface area contributed by atoms with Gasteiger partial charge in [0.1, 0.15) is 0 Å². The smallest absolute Gasteiger partial charge is 0.0710 e. The molecule has 8 aromatic rings. The van der Waals surface area contributed by atoms with Crippen LogP contribution >= 0.6 is 0 Å². The van der Waals surface area contributed by atoms with Crippen molar-refractivity contribution in [1.82, 2.24) is 14.1 Å². The summed E-state index contributed by atoms with van der Waals surface area (Å²) in [5, 5.41) is 6.11. The predicted molar refractivity (Wildman–Crippen MR) is 215 cm³/mol. The van der Waals surface area contributed by atoms with Gasteiger partial charge in [-0.15, -0.1) is 0 Å². The number of allylic oxidation sites excluding steroid dienone is 7. The van der Waals surface area contributed by atoms with Gasteiger partial charge in [-0.05, 0) is 67.8 Å². The summed E-state index contributed by atoms with van der Waals surface area (Å²) >= 11 is 0. The number of fused-ring (bicyclic) bond motifs is 6. The first kappa shape index (κ1) is 30.9. The molecule has 0 fully saturated rings. The van der Waals surface area contributed by atoms with Crippen LogP contribution in [0.5, 0.6) is 0 Å². The number of nitrogens with zero attached hydrogens (tertiary/aromatic N) is 3. The summed E-state index contributed by atoms with van der Waals surface area (Å²) in [6.45, 7) is 8.21. The molecular weight excluding hydrogens is 607 g/mol. The van der Waals surface area contributed by atoms with E-state index in [1.807, 2.05) is 61.6 Å². The molecule has 8 rings (SSSR count). The maximum absolute atomic E-state index is 4.99. The minimum Gasteiger partial charge on any atom is -0.312 e. The first-order valence-corrected chi connectivity index (χ1v) is 17.1. The SMILES string of the molecule is C=C/C=C\c1c(C)n(-c2cccc3ccccc23)c2c1ccc1c2c2ccccc2n1-c1cccc(-c2cccc(/C=C/C=C\C=C/C)n2)c1. The molecule has 0 aliphatic rings. The summed E-state index contributed by atoms with van der Waals surface area (Å²) in [4.78, 5) is 4.99. The fourth-order valence-electron chi connectivity index (χ4n) is 7.24. The highest BCUT2D eigenvalue weighted by Crippen LogP contribution is 2.42. The van der Waals surface area contributed by atoms with Gasteiger partial charge in [0, 0.05) is 44.1 Å². The second kappa shape index (κ2) is 13.2. The van der Waals surface area contributed by atoms with E-state index < -0.39 is 0 Å². The van der Waals surface area contributed by atoms with Crippen molar-refractivity contribution < 1.29 is 0 Å². The van der Waals surface area contributed by atoms with Crippen molar-refractivity contribution in [3.8, 4) is 22.6 Å². The Morgan fingerprint density at radius 3 is 2.28 bits per heavy atom. The lowest BCUT2D eigenvalue weighted by atomic mass is 10.1. The second-order valence-corrected chi connectivity index (χ2v) is 12.4. The molecule has 3 heteroatoms. The maximum atomic E-state index is 4.99. The van der Waals surface area contributed by atoms with Crippen LogP contribution in [0, 0.1) is 6.92 Å². The molecule has 0 bridgehead atoms. The number of aromatic nitrogens is 3. The quantitative estimate of drug-likeness (QED) is 0.151. The van der Waals surface area contributed by atoms with Gasteiger partial charge in [0.2, 0.25) is 0 Å². The van der Waals surface area contributed by atoms with Crippen molar-refractivity contribution in [2.45, 2.75) is 13.8 Å². The third kappa shape index (κ3) is 5.30. The van der Waals surface area contributed by atoms with Crippen molar-refractivity contribution in [2.75, 3.05) is 0 Å². The molecule has 0 radical (unpaired) electrons. The van der Waals surface area contributed by atoms with Gasteiger partial charge in [-0.2, -0.15) is 0 Å². The molecule has 0 unspecified atom stereocenters. The zero-order chi connectivity index (χ0) is 34.0. The summed E-state index contributed by atoms with van der Waals surface area (Å²) in [6, 6.07) is 43.5. The summed E-state index contributed by atoms with van der Waals surface area (Å²) in [5.41, 5.74) is 11.1. The highest BCUT2D eigenvalue weighted by atomic mass is 15.0. The molecule has 240 valence electrons.